The number of hydrogen-bond acceptors (Lipinski definition) is 2. The van der Waals surface area contributed by atoms with E-state index in [2.05, 4.69) is 26.6 Å². The van der Waals surface area contributed by atoms with E-state index in [9.17, 15) is 0 Å². The zero-order valence-electron chi connectivity index (χ0n) is 12.9. The predicted molar refractivity (Wildman–Crippen MR) is 105 cm³/mol. The van der Waals surface area contributed by atoms with E-state index in [1.165, 1.54) is 0 Å². The van der Waals surface area contributed by atoms with Crippen LogP contribution in [0.25, 0.3) is 0 Å². The fraction of sp³-hybridized carbons (Fsp3) is 0.235. The van der Waals surface area contributed by atoms with Crippen LogP contribution in [0.2, 0.25) is 5.02 Å². The van der Waals surface area contributed by atoms with Gasteiger partial charge in [0.1, 0.15) is 12.4 Å². The molecule has 0 unspecified atom stereocenters. The molecule has 1 atom stereocenters. The third-order valence-corrected chi connectivity index (χ3v) is 4.59. The lowest BCUT2D eigenvalue weighted by Crippen LogP contribution is -2.39. The summed E-state index contributed by atoms with van der Waals surface area (Å²) in [4.78, 5) is 0. The van der Waals surface area contributed by atoms with Gasteiger partial charge in [-0.1, -0.05) is 29.8 Å². The summed E-state index contributed by atoms with van der Waals surface area (Å²) in [6.07, 6.45) is 0. The van der Waals surface area contributed by atoms with Gasteiger partial charge >= 0.3 is 0 Å². The molecule has 0 saturated carbocycles. The van der Waals surface area contributed by atoms with Crippen molar-refractivity contribution in [1.82, 2.24) is 5.32 Å². The lowest BCUT2D eigenvalue weighted by Gasteiger charge is -2.18. The van der Waals surface area contributed by atoms with Crippen molar-refractivity contribution in [3.63, 3.8) is 0 Å². The van der Waals surface area contributed by atoms with Crippen LogP contribution in [0.1, 0.15) is 12.5 Å². The average Bonchev–Trinajstić information content (AvgIpc) is 2.50. The molecule has 2 rings (SSSR count). The summed E-state index contributed by atoms with van der Waals surface area (Å²) in [7, 11) is 0. The molecular formula is C17H18BrClN2OS. The van der Waals surface area contributed by atoms with Gasteiger partial charge in [-0.3, -0.25) is 0 Å². The van der Waals surface area contributed by atoms with Gasteiger partial charge in [0.05, 0.1) is 11.1 Å². The number of anilines is 1. The molecule has 122 valence electrons. The number of benzene rings is 2. The molecule has 0 aliphatic rings. The fourth-order valence-corrected chi connectivity index (χ4v) is 2.69. The highest BCUT2D eigenvalue weighted by molar-refractivity contribution is 9.10. The van der Waals surface area contributed by atoms with E-state index >= 15 is 0 Å². The normalized spacial score (nSPS) is 11.7. The smallest absolute Gasteiger partial charge is 0.171 e. The lowest BCUT2D eigenvalue weighted by atomic mass is 10.2. The minimum Gasteiger partial charge on any atom is -0.491 e. The maximum Gasteiger partial charge on any atom is 0.171 e. The van der Waals surface area contributed by atoms with Gasteiger partial charge in [0.25, 0.3) is 0 Å². The van der Waals surface area contributed by atoms with Crippen LogP contribution in [-0.2, 0) is 0 Å². The first-order valence-corrected chi connectivity index (χ1v) is 8.74. The third-order valence-electron chi connectivity index (χ3n) is 3.14. The van der Waals surface area contributed by atoms with Gasteiger partial charge in [-0.05, 0) is 71.8 Å². The van der Waals surface area contributed by atoms with Gasteiger partial charge in [0.15, 0.2) is 5.11 Å². The Morgan fingerprint density at radius 2 is 2.04 bits per heavy atom. The number of rotatable bonds is 5. The van der Waals surface area contributed by atoms with Gasteiger partial charge in [-0.25, -0.2) is 0 Å². The molecule has 0 saturated heterocycles. The zero-order valence-corrected chi connectivity index (χ0v) is 16.1. The molecule has 0 fully saturated rings. The first-order chi connectivity index (χ1) is 11.0. The number of ether oxygens (including phenoxy) is 1. The van der Waals surface area contributed by atoms with Crippen LogP contribution in [0.15, 0.2) is 46.9 Å². The van der Waals surface area contributed by atoms with Crippen LogP contribution >= 0.6 is 39.7 Å². The summed E-state index contributed by atoms with van der Waals surface area (Å²) < 4.78 is 6.66. The Kier molecular flexibility index (Phi) is 6.69. The Labute approximate surface area is 155 Å². The number of para-hydroxylation sites is 1. The van der Waals surface area contributed by atoms with Crippen LogP contribution in [0.5, 0.6) is 5.75 Å². The number of nitrogens with one attached hydrogen (secondary N) is 2. The van der Waals surface area contributed by atoms with Crippen molar-refractivity contribution in [2.24, 2.45) is 0 Å². The maximum absolute atomic E-state index is 6.06. The van der Waals surface area contributed by atoms with E-state index in [-0.39, 0.29) is 6.04 Å². The van der Waals surface area contributed by atoms with Crippen molar-refractivity contribution in [3.05, 3.63) is 57.5 Å². The van der Waals surface area contributed by atoms with Crippen molar-refractivity contribution in [1.29, 1.82) is 0 Å². The van der Waals surface area contributed by atoms with Crippen molar-refractivity contribution in [2.45, 2.75) is 19.9 Å². The van der Waals surface area contributed by atoms with E-state index in [4.69, 9.17) is 28.6 Å². The minimum atomic E-state index is 0.0699. The summed E-state index contributed by atoms with van der Waals surface area (Å²) in [5, 5.41) is 7.47. The molecule has 23 heavy (non-hydrogen) atoms. The Bertz CT molecular complexity index is 696. The molecule has 2 aromatic rings. The van der Waals surface area contributed by atoms with E-state index in [1.54, 1.807) is 0 Å². The van der Waals surface area contributed by atoms with Gasteiger partial charge in [-0.15, -0.1) is 0 Å². The van der Waals surface area contributed by atoms with Crippen molar-refractivity contribution in [2.75, 3.05) is 11.9 Å². The quantitative estimate of drug-likeness (QED) is 0.663. The first-order valence-electron chi connectivity index (χ1n) is 7.16. The SMILES string of the molecule is Cc1ccccc1OC[C@H](C)NC(=S)Nc1ccc(Br)c(Cl)c1. The Hall–Kier alpha value is -1.30. The largest absolute Gasteiger partial charge is 0.491 e. The summed E-state index contributed by atoms with van der Waals surface area (Å²) >= 11 is 14.7. The second-order valence-corrected chi connectivity index (χ2v) is 6.87. The van der Waals surface area contributed by atoms with Crippen LogP contribution < -0.4 is 15.4 Å². The van der Waals surface area contributed by atoms with Crippen LogP contribution in [0.3, 0.4) is 0 Å². The van der Waals surface area contributed by atoms with E-state index < -0.39 is 0 Å². The third kappa shape index (κ3) is 5.68. The first kappa shape index (κ1) is 18.0. The molecule has 2 aromatic carbocycles. The number of thiocarbonyl (C=S) groups is 1. The molecular weight excluding hydrogens is 396 g/mol. The fourth-order valence-electron chi connectivity index (χ4n) is 1.94. The monoisotopic (exact) mass is 412 g/mol. The number of hydrogen-bond donors (Lipinski definition) is 2. The molecule has 0 amide bonds. The zero-order chi connectivity index (χ0) is 16.8. The number of halogens is 2. The average molecular weight is 414 g/mol. The second-order valence-electron chi connectivity index (χ2n) is 5.20. The van der Waals surface area contributed by atoms with Gasteiger partial charge in [0, 0.05) is 10.2 Å². The highest BCUT2D eigenvalue weighted by atomic mass is 79.9. The molecule has 3 nitrogen and oxygen atoms in total. The van der Waals surface area contributed by atoms with Crippen LogP contribution in [-0.4, -0.2) is 17.8 Å². The highest BCUT2D eigenvalue weighted by Gasteiger charge is 2.07. The molecule has 0 heterocycles. The van der Waals surface area contributed by atoms with Gasteiger partial charge < -0.3 is 15.4 Å². The molecule has 6 heteroatoms. The van der Waals surface area contributed by atoms with Crippen molar-refractivity contribution < 1.29 is 4.74 Å². The minimum absolute atomic E-state index is 0.0699. The van der Waals surface area contributed by atoms with E-state index in [0.717, 1.165) is 21.5 Å². The molecule has 0 bridgehead atoms. The van der Waals surface area contributed by atoms with E-state index in [0.29, 0.717) is 16.7 Å². The Balaban J connectivity index is 1.82. The van der Waals surface area contributed by atoms with Crippen molar-refractivity contribution in [3.8, 4) is 5.75 Å². The molecule has 0 aliphatic heterocycles. The standard InChI is InChI=1S/C17H18BrClN2OS/c1-11-5-3-4-6-16(11)22-10-12(2)20-17(23)21-13-7-8-14(18)15(19)9-13/h3-9,12H,10H2,1-2H3,(H2,20,21,23)/t12-/m0/s1. The topological polar surface area (TPSA) is 33.3 Å². The van der Waals surface area contributed by atoms with E-state index in [1.807, 2.05) is 56.3 Å². The molecule has 0 radical (unpaired) electrons. The highest BCUT2D eigenvalue weighted by Crippen LogP contribution is 2.25. The Morgan fingerprint density at radius 1 is 1.30 bits per heavy atom. The summed E-state index contributed by atoms with van der Waals surface area (Å²) in [5.41, 5.74) is 1.95. The predicted octanol–water partition coefficient (Wildman–Crippen LogP) is 5.16. The number of aryl methyl sites for hydroxylation is 1. The van der Waals surface area contributed by atoms with Gasteiger partial charge in [0.2, 0.25) is 0 Å². The van der Waals surface area contributed by atoms with Crippen molar-refractivity contribution >= 4 is 50.5 Å². The van der Waals surface area contributed by atoms with Crippen LogP contribution in [0.4, 0.5) is 5.69 Å². The summed E-state index contributed by atoms with van der Waals surface area (Å²) in [6, 6.07) is 13.6. The maximum atomic E-state index is 6.06. The molecule has 0 spiro atoms. The van der Waals surface area contributed by atoms with Gasteiger partial charge in [-0.2, -0.15) is 0 Å². The second kappa shape index (κ2) is 8.52. The summed E-state index contributed by atoms with van der Waals surface area (Å²) in [6.45, 7) is 4.56. The molecule has 0 aromatic heterocycles. The van der Waals surface area contributed by atoms with Crippen LogP contribution in [0, 0.1) is 6.92 Å². The Morgan fingerprint density at radius 3 is 2.74 bits per heavy atom. The lowest BCUT2D eigenvalue weighted by molar-refractivity contribution is 0.285. The summed E-state index contributed by atoms with van der Waals surface area (Å²) in [5.74, 6) is 0.889. The molecule has 2 N–H and O–H groups in total. The molecule has 0 aliphatic carbocycles.